The first-order valence-electron chi connectivity index (χ1n) is 11.2. The Balaban J connectivity index is 1.62. The molecule has 2 heteroatoms. The molecule has 154 valence electrons. The standard InChI is InChI=1S/C29H27OP/c1-5-13-24(14-6-1)29(25-15-7-2-8-16-25)23-31(30-29,28-21-22-28,26-17-9-3-10-18-26)27-19-11-4-12-20-27/h1-20,28H,21-23H2. The van der Waals surface area contributed by atoms with Crippen molar-refractivity contribution in [2.24, 2.45) is 0 Å². The number of hydrogen-bond donors (Lipinski definition) is 0. The van der Waals surface area contributed by atoms with Crippen molar-refractivity contribution in [3.05, 3.63) is 132 Å². The molecule has 1 nitrogen and oxygen atoms in total. The Hall–Kier alpha value is -2.73. The van der Waals surface area contributed by atoms with Crippen LogP contribution in [0, 0.1) is 0 Å². The van der Waals surface area contributed by atoms with E-state index in [1.807, 2.05) is 0 Å². The average Bonchev–Trinajstić information content (AvgIpc) is 3.68. The van der Waals surface area contributed by atoms with Crippen LogP contribution in [-0.2, 0) is 10.1 Å². The molecule has 6 rings (SSSR count). The van der Waals surface area contributed by atoms with E-state index in [-0.39, 0.29) is 0 Å². The molecule has 1 saturated heterocycles. The zero-order valence-corrected chi connectivity index (χ0v) is 18.5. The quantitative estimate of drug-likeness (QED) is 0.346. The van der Waals surface area contributed by atoms with Gasteiger partial charge in [0.05, 0.1) is 0 Å². The Labute approximate surface area is 184 Å². The van der Waals surface area contributed by atoms with E-state index in [1.54, 1.807) is 0 Å². The zero-order valence-electron chi connectivity index (χ0n) is 17.6. The van der Waals surface area contributed by atoms with Crippen LogP contribution in [0.25, 0.3) is 0 Å². The molecule has 0 unspecified atom stereocenters. The summed E-state index contributed by atoms with van der Waals surface area (Å²) in [6.45, 7) is -2.82. The molecular weight excluding hydrogens is 395 g/mol. The summed E-state index contributed by atoms with van der Waals surface area (Å²) in [5, 5.41) is 2.81. The maximum atomic E-state index is 7.70. The van der Waals surface area contributed by atoms with Crippen LogP contribution in [0.3, 0.4) is 0 Å². The van der Waals surface area contributed by atoms with Gasteiger partial charge in [-0.1, -0.05) is 0 Å². The molecule has 0 aromatic heterocycles. The Kier molecular flexibility index (Phi) is 4.22. The van der Waals surface area contributed by atoms with Gasteiger partial charge in [-0.05, 0) is 0 Å². The number of benzene rings is 4. The minimum atomic E-state index is -2.82. The Morgan fingerprint density at radius 2 is 0.903 bits per heavy atom. The molecular formula is C29H27OP. The first-order chi connectivity index (χ1) is 15.3. The molecule has 4 aromatic rings. The third-order valence-corrected chi connectivity index (χ3v) is 14.1. The van der Waals surface area contributed by atoms with Gasteiger partial charge in [0.1, 0.15) is 0 Å². The molecule has 1 aliphatic carbocycles. The summed E-state index contributed by atoms with van der Waals surface area (Å²) in [5.74, 6) is 0. The normalized spacial score (nSPS) is 21.9. The second-order valence-corrected chi connectivity index (χ2v) is 13.8. The van der Waals surface area contributed by atoms with Crippen molar-refractivity contribution in [3.8, 4) is 0 Å². The van der Waals surface area contributed by atoms with Crippen LogP contribution in [0.1, 0.15) is 24.0 Å². The SMILES string of the molecule is c1ccc(C2(c3ccccc3)CP(c3ccccc3)(c3ccccc3)(C3CC3)O2)cc1. The molecule has 0 N–H and O–H groups in total. The van der Waals surface area contributed by atoms with Crippen molar-refractivity contribution in [2.45, 2.75) is 24.1 Å². The van der Waals surface area contributed by atoms with Gasteiger partial charge in [0.25, 0.3) is 0 Å². The van der Waals surface area contributed by atoms with Gasteiger partial charge in [-0.25, -0.2) is 0 Å². The molecule has 4 aromatic carbocycles. The fourth-order valence-electron chi connectivity index (χ4n) is 5.85. The van der Waals surface area contributed by atoms with Gasteiger partial charge in [0.2, 0.25) is 0 Å². The van der Waals surface area contributed by atoms with Crippen molar-refractivity contribution in [1.29, 1.82) is 0 Å². The van der Waals surface area contributed by atoms with Crippen molar-refractivity contribution in [2.75, 3.05) is 6.16 Å². The van der Waals surface area contributed by atoms with E-state index in [9.17, 15) is 0 Å². The third-order valence-electron chi connectivity index (χ3n) is 7.35. The Morgan fingerprint density at radius 3 is 1.26 bits per heavy atom. The van der Waals surface area contributed by atoms with Crippen LogP contribution >= 0.6 is 6.83 Å². The summed E-state index contributed by atoms with van der Waals surface area (Å²) >= 11 is 0. The van der Waals surface area contributed by atoms with E-state index in [1.165, 1.54) is 34.6 Å². The monoisotopic (exact) mass is 422 g/mol. The summed E-state index contributed by atoms with van der Waals surface area (Å²) < 4.78 is 7.70. The van der Waals surface area contributed by atoms with E-state index in [2.05, 4.69) is 121 Å². The predicted octanol–water partition coefficient (Wildman–Crippen LogP) is 6.24. The van der Waals surface area contributed by atoms with Crippen LogP contribution in [0.2, 0.25) is 0 Å². The fourth-order valence-corrected chi connectivity index (χ4v) is 13.0. The van der Waals surface area contributed by atoms with Crippen molar-refractivity contribution in [3.63, 3.8) is 0 Å². The number of hydrogen-bond acceptors (Lipinski definition) is 1. The summed E-state index contributed by atoms with van der Waals surface area (Å²) in [4.78, 5) is 0. The van der Waals surface area contributed by atoms with Gasteiger partial charge < -0.3 is 0 Å². The molecule has 0 atom stereocenters. The van der Waals surface area contributed by atoms with Crippen LogP contribution < -0.4 is 10.6 Å². The Bertz CT molecular complexity index is 1090. The zero-order chi connectivity index (χ0) is 20.8. The van der Waals surface area contributed by atoms with Crippen LogP contribution in [0.15, 0.2) is 121 Å². The van der Waals surface area contributed by atoms with Gasteiger partial charge in [-0.15, -0.1) is 0 Å². The first-order valence-corrected chi connectivity index (χ1v) is 13.6. The van der Waals surface area contributed by atoms with Crippen molar-refractivity contribution >= 4 is 17.4 Å². The predicted molar refractivity (Wildman–Crippen MR) is 132 cm³/mol. The number of rotatable bonds is 5. The molecule has 2 aliphatic rings. The molecule has 1 aliphatic heterocycles. The van der Waals surface area contributed by atoms with E-state index in [0.29, 0.717) is 5.66 Å². The second-order valence-electron chi connectivity index (χ2n) is 9.00. The van der Waals surface area contributed by atoms with Gasteiger partial charge in [0.15, 0.2) is 0 Å². The van der Waals surface area contributed by atoms with Gasteiger partial charge in [0, 0.05) is 0 Å². The summed E-state index contributed by atoms with van der Waals surface area (Å²) in [6.07, 6.45) is 3.54. The summed E-state index contributed by atoms with van der Waals surface area (Å²) in [6, 6.07) is 44.0. The van der Waals surface area contributed by atoms with Gasteiger partial charge in [-0.2, -0.15) is 0 Å². The van der Waals surface area contributed by atoms with Crippen LogP contribution in [0.5, 0.6) is 0 Å². The summed E-state index contributed by atoms with van der Waals surface area (Å²) in [7, 11) is 0. The Morgan fingerprint density at radius 1 is 0.548 bits per heavy atom. The van der Waals surface area contributed by atoms with E-state index in [0.717, 1.165) is 6.16 Å². The molecule has 2 fully saturated rings. The van der Waals surface area contributed by atoms with Crippen molar-refractivity contribution < 1.29 is 4.52 Å². The molecule has 31 heavy (non-hydrogen) atoms. The van der Waals surface area contributed by atoms with E-state index in [4.69, 9.17) is 4.52 Å². The topological polar surface area (TPSA) is 9.23 Å². The molecule has 0 amide bonds. The average molecular weight is 423 g/mol. The van der Waals surface area contributed by atoms with Crippen LogP contribution in [-0.4, -0.2) is 11.8 Å². The maximum absolute atomic E-state index is 7.70. The molecule has 1 saturated carbocycles. The fraction of sp³-hybridized carbons (Fsp3) is 0.172. The molecule has 1 heterocycles. The van der Waals surface area contributed by atoms with E-state index < -0.39 is 12.4 Å². The van der Waals surface area contributed by atoms with Gasteiger partial charge >= 0.3 is 185 Å². The third kappa shape index (κ3) is 2.57. The molecule has 0 bridgehead atoms. The molecule has 0 spiro atoms. The molecule has 0 radical (unpaired) electrons. The van der Waals surface area contributed by atoms with Crippen LogP contribution in [0.4, 0.5) is 0 Å². The minimum absolute atomic E-state index is 0.408. The summed E-state index contributed by atoms with van der Waals surface area (Å²) in [5.41, 5.74) is 2.72. The van der Waals surface area contributed by atoms with E-state index >= 15 is 0 Å². The second kappa shape index (κ2) is 6.89. The van der Waals surface area contributed by atoms with Crippen molar-refractivity contribution in [1.82, 2.24) is 0 Å². The van der Waals surface area contributed by atoms with Gasteiger partial charge in [-0.3, -0.25) is 0 Å². The first kappa shape index (κ1) is 19.0.